The van der Waals surface area contributed by atoms with Gasteiger partial charge in [0.1, 0.15) is 5.82 Å². The largest absolute Gasteiger partial charge is 0.392 e. The first kappa shape index (κ1) is 12.3. The van der Waals surface area contributed by atoms with Crippen LogP contribution in [-0.4, -0.2) is 27.9 Å². The number of hydrogen-bond donors (Lipinski definition) is 2. The summed E-state index contributed by atoms with van der Waals surface area (Å²) in [6.07, 6.45) is 0.471. The van der Waals surface area contributed by atoms with Crippen molar-refractivity contribution in [3.05, 3.63) is 47.4 Å². The molecule has 0 spiro atoms. The van der Waals surface area contributed by atoms with Crippen molar-refractivity contribution in [2.45, 2.75) is 25.0 Å². The van der Waals surface area contributed by atoms with E-state index in [2.05, 4.69) is 15.5 Å². The molecule has 6 heteroatoms. The molecule has 0 amide bonds. The topological polar surface area (TPSA) is 71.2 Å². The lowest BCUT2D eigenvalue weighted by atomic mass is 10.1. The SMILES string of the molecule is O[C@@H]1CN[C@H](c2nc(Cc3ccccc3F)no2)C1. The van der Waals surface area contributed by atoms with E-state index >= 15 is 0 Å². The van der Waals surface area contributed by atoms with Crippen molar-refractivity contribution in [3.8, 4) is 0 Å². The van der Waals surface area contributed by atoms with E-state index in [1.165, 1.54) is 6.07 Å². The summed E-state index contributed by atoms with van der Waals surface area (Å²) in [5.41, 5.74) is 0.536. The molecular formula is C13H14FN3O2. The Bertz CT molecular complexity index is 573. The fourth-order valence-corrected chi connectivity index (χ4v) is 2.20. The van der Waals surface area contributed by atoms with Gasteiger partial charge < -0.3 is 14.9 Å². The summed E-state index contributed by atoms with van der Waals surface area (Å²) in [6, 6.07) is 6.41. The van der Waals surface area contributed by atoms with Crippen molar-refractivity contribution < 1.29 is 14.0 Å². The highest BCUT2D eigenvalue weighted by molar-refractivity contribution is 5.20. The minimum Gasteiger partial charge on any atom is -0.392 e. The van der Waals surface area contributed by atoms with Crippen LogP contribution in [0.5, 0.6) is 0 Å². The summed E-state index contributed by atoms with van der Waals surface area (Å²) in [5.74, 6) is 0.620. The molecule has 0 bridgehead atoms. The standard InChI is InChI=1S/C13H14FN3O2/c14-10-4-2-1-3-8(10)5-12-16-13(19-17-12)11-6-9(18)7-15-11/h1-4,9,11,15,18H,5-7H2/t9-,11-/m0/s1. The summed E-state index contributed by atoms with van der Waals surface area (Å²) >= 11 is 0. The Morgan fingerprint density at radius 1 is 1.42 bits per heavy atom. The van der Waals surface area contributed by atoms with E-state index in [9.17, 15) is 9.50 Å². The summed E-state index contributed by atoms with van der Waals surface area (Å²) in [7, 11) is 0. The number of β-amino-alcohol motifs (C(OH)–C–C–N with tert-alkyl or cyclic N) is 1. The molecule has 2 N–H and O–H groups in total. The Morgan fingerprint density at radius 2 is 2.26 bits per heavy atom. The zero-order chi connectivity index (χ0) is 13.2. The highest BCUT2D eigenvalue weighted by Crippen LogP contribution is 2.22. The molecule has 2 atom stereocenters. The first-order valence-corrected chi connectivity index (χ1v) is 6.19. The van der Waals surface area contributed by atoms with Crippen LogP contribution in [0.15, 0.2) is 28.8 Å². The van der Waals surface area contributed by atoms with Gasteiger partial charge in [-0.05, 0) is 18.1 Å². The zero-order valence-electron chi connectivity index (χ0n) is 10.2. The second kappa shape index (κ2) is 5.07. The van der Waals surface area contributed by atoms with Gasteiger partial charge in [0.15, 0.2) is 5.82 Å². The second-order valence-corrected chi connectivity index (χ2v) is 4.67. The summed E-state index contributed by atoms with van der Waals surface area (Å²) in [5, 5.41) is 16.4. The molecule has 1 aromatic heterocycles. The van der Waals surface area contributed by atoms with E-state index in [4.69, 9.17) is 4.52 Å². The van der Waals surface area contributed by atoms with Gasteiger partial charge in [-0.3, -0.25) is 0 Å². The maximum absolute atomic E-state index is 13.5. The first-order chi connectivity index (χ1) is 9.22. The third-order valence-corrected chi connectivity index (χ3v) is 3.20. The number of nitrogens with one attached hydrogen (secondary N) is 1. The average Bonchev–Trinajstić information content (AvgIpc) is 3.01. The van der Waals surface area contributed by atoms with Gasteiger partial charge in [-0.25, -0.2) is 4.39 Å². The van der Waals surface area contributed by atoms with E-state index in [1.807, 2.05) is 0 Å². The van der Waals surface area contributed by atoms with Crippen molar-refractivity contribution >= 4 is 0 Å². The summed E-state index contributed by atoms with van der Waals surface area (Å²) in [6.45, 7) is 0.524. The van der Waals surface area contributed by atoms with Gasteiger partial charge in [-0.15, -0.1) is 0 Å². The van der Waals surface area contributed by atoms with Gasteiger partial charge in [-0.1, -0.05) is 23.4 Å². The molecule has 0 radical (unpaired) electrons. The summed E-state index contributed by atoms with van der Waals surface area (Å²) in [4.78, 5) is 4.25. The smallest absolute Gasteiger partial charge is 0.243 e. The molecule has 19 heavy (non-hydrogen) atoms. The molecule has 0 unspecified atom stereocenters. The minimum absolute atomic E-state index is 0.114. The highest BCUT2D eigenvalue weighted by atomic mass is 19.1. The van der Waals surface area contributed by atoms with Crippen LogP contribution in [0.2, 0.25) is 0 Å². The molecule has 1 fully saturated rings. The zero-order valence-corrected chi connectivity index (χ0v) is 10.2. The molecular weight excluding hydrogens is 249 g/mol. The Balaban J connectivity index is 1.73. The van der Waals surface area contributed by atoms with Crippen molar-refractivity contribution in [1.82, 2.24) is 15.5 Å². The number of aromatic nitrogens is 2. The van der Waals surface area contributed by atoms with Gasteiger partial charge in [0.2, 0.25) is 5.89 Å². The lowest BCUT2D eigenvalue weighted by Gasteiger charge is -2.01. The molecule has 1 saturated heterocycles. The Labute approximate surface area is 109 Å². The number of rotatable bonds is 3. The molecule has 0 aliphatic carbocycles. The van der Waals surface area contributed by atoms with Gasteiger partial charge in [0.25, 0.3) is 0 Å². The fourth-order valence-electron chi connectivity index (χ4n) is 2.20. The first-order valence-electron chi connectivity index (χ1n) is 6.19. The quantitative estimate of drug-likeness (QED) is 0.870. The maximum Gasteiger partial charge on any atom is 0.243 e. The third-order valence-electron chi connectivity index (χ3n) is 3.20. The van der Waals surface area contributed by atoms with E-state index in [-0.39, 0.29) is 18.0 Å². The Kier molecular flexibility index (Phi) is 3.27. The van der Waals surface area contributed by atoms with Gasteiger partial charge >= 0.3 is 0 Å². The predicted molar refractivity (Wildman–Crippen MR) is 64.9 cm³/mol. The van der Waals surface area contributed by atoms with Crippen molar-refractivity contribution in [3.63, 3.8) is 0 Å². The average molecular weight is 263 g/mol. The molecule has 1 aliphatic rings. The van der Waals surface area contributed by atoms with E-state index in [0.717, 1.165) is 0 Å². The van der Waals surface area contributed by atoms with E-state index < -0.39 is 0 Å². The molecule has 2 heterocycles. The van der Waals surface area contributed by atoms with E-state index in [0.29, 0.717) is 36.7 Å². The third kappa shape index (κ3) is 2.64. The second-order valence-electron chi connectivity index (χ2n) is 4.67. The van der Waals surface area contributed by atoms with Crippen LogP contribution in [0.3, 0.4) is 0 Å². The van der Waals surface area contributed by atoms with Crippen molar-refractivity contribution in [2.24, 2.45) is 0 Å². The molecule has 5 nitrogen and oxygen atoms in total. The summed E-state index contributed by atoms with van der Waals surface area (Å²) < 4.78 is 18.7. The number of aliphatic hydroxyl groups is 1. The lowest BCUT2D eigenvalue weighted by Crippen LogP contribution is -2.15. The molecule has 0 saturated carbocycles. The number of halogens is 1. The normalized spacial score (nSPS) is 22.8. The molecule has 100 valence electrons. The highest BCUT2D eigenvalue weighted by Gasteiger charge is 2.28. The van der Waals surface area contributed by atoms with Gasteiger partial charge in [0.05, 0.1) is 12.1 Å². The number of aliphatic hydroxyl groups excluding tert-OH is 1. The van der Waals surface area contributed by atoms with Crippen LogP contribution in [0.1, 0.15) is 29.7 Å². The molecule has 1 aromatic carbocycles. The van der Waals surface area contributed by atoms with Crippen molar-refractivity contribution in [1.29, 1.82) is 0 Å². The van der Waals surface area contributed by atoms with Crippen LogP contribution in [0.4, 0.5) is 4.39 Å². The van der Waals surface area contributed by atoms with Crippen LogP contribution < -0.4 is 5.32 Å². The monoisotopic (exact) mass is 263 g/mol. The fraction of sp³-hybridized carbons (Fsp3) is 0.385. The van der Waals surface area contributed by atoms with Crippen LogP contribution in [0.25, 0.3) is 0 Å². The lowest BCUT2D eigenvalue weighted by molar-refractivity contribution is 0.191. The predicted octanol–water partition coefficient (Wildman–Crippen LogP) is 1.19. The van der Waals surface area contributed by atoms with Crippen LogP contribution >= 0.6 is 0 Å². The number of benzene rings is 1. The van der Waals surface area contributed by atoms with Crippen LogP contribution in [0, 0.1) is 5.82 Å². The number of nitrogens with zero attached hydrogens (tertiary/aromatic N) is 2. The number of hydrogen-bond acceptors (Lipinski definition) is 5. The Morgan fingerprint density at radius 3 is 3.00 bits per heavy atom. The van der Waals surface area contributed by atoms with Crippen LogP contribution in [-0.2, 0) is 6.42 Å². The van der Waals surface area contributed by atoms with E-state index in [1.54, 1.807) is 18.2 Å². The van der Waals surface area contributed by atoms with Gasteiger partial charge in [-0.2, -0.15) is 4.98 Å². The molecule has 3 rings (SSSR count). The van der Waals surface area contributed by atoms with Gasteiger partial charge in [0, 0.05) is 13.0 Å². The molecule has 1 aliphatic heterocycles. The Hall–Kier alpha value is -1.79. The minimum atomic E-state index is -0.382. The van der Waals surface area contributed by atoms with Crippen molar-refractivity contribution in [2.75, 3.05) is 6.54 Å². The maximum atomic E-state index is 13.5. The molecule has 2 aromatic rings.